The van der Waals surface area contributed by atoms with Crippen molar-refractivity contribution in [2.24, 2.45) is 0 Å². The van der Waals surface area contributed by atoms with Gasteiger partial charge in [-0.05, 0) is 29.8 Å². The van der Waals surface area contributed by atoms with Crippen molar-refractivity contribution in [2.45, 2.75) is 12.5 Å². The minimum absolute atomic E-state index is 0.274. The fourth-order valence-corrected chi connectivity index (χ4v) is 3.58. The molecule has 1 aromatic heterocycles. The molecule has 0 fully saturated rings. The van der Waals surface area contributed by atoms with E-state index in [2.05, 4.69) is 15.5 Å². The van der Waals surface area contributed by atoms with Gasteiger partial charge in [0.2, 0.25) is 11.7 Å². The lowest BCUT2D eigenvalue weighted by atomic mass is 10.1. The summed E-state index contributed by atoms with van der Waals surface area (Å²) < 4.78 is 16.2. The molecule has 0 aliphatic rings. The number of amides is 1. The first-order chi connectivity index (χ1) is 16.1. The SMILES string of the molecule is COc1cc(OC)cc(-c2noc([C@@H](Cc3ccccc3)NC(=O)c3ccccc3Cl)n2)c1. The number of halogens is 1. The number of nitrogens with one attached hydrogen (secondary N) is 1. The molecular formula is C25H22ClN3O4. The molecule has 33 heavy (non-hydrogen) atoms. The number of benzene rings is 3. The molecule has 0 saturated carbocycles. The predicted octanol–water partition coefficient (Wildman–Crippen LogP) is 5.12. The second-order valence-corrected chi connectivity index (χ2v) is 7.66. The summed E-state index contributed by atoms with van der Waals surface area (Å²) >= 11 is 6.21. The summed E-state index contributed by atoms with van der Waals surface area (Å²) in [4.78, 5) is 17.5. The van der Waals surface area contributed by atoms with Crippen LogP contribution in [0.3, 0.4) is 0 Å². The third-order valence-corrected chi connectivity index (χ3v) is 5.39. The Morgan fingerprint density at radius 1 is 1.00 bits per heavy atom. The minimum Gasteiger partial charge on any atom is -0.497 e. The van der Waals surface area contributed by atoms with Gasteiger partial charge < -0.3 is 19.3 Å². The van der Waals surface area contributed by atoms with Crippen molar-refractivity contribution < 1.29 is 18.8 Å². The van der Waals surface area contributed by atoms with Gasteiger partial charge in [-0.2, -0.15) is 4.98 Å². The number of ether oxygens (including phenoxy) is 2. The number of nitrogens with zero attached hydrogens (tertiary/aromatic N) is 2. The van der Waals surface area contributed by atoms with Crippen molar-refractivity contribution in [1.29, 1.82) is 0 Å². The van der Waals surface area contributed by atoms with Gasteiger partial charge >= 0.3 is 0 Å². The maximum atomic E-state index is 13.0. The third kappa shape index (κ3) is 5.32. The first-order valence-electron chi connectivity index (χ1n) is 10.2. The van der Waals surface area contributed by atoms with Crippen molar-refractivity contribution in [3.8, 4) is 22.9 Å². The van der Waals surface area contributed by atoms with Gasteiger partial charge in [0.25, 0.3) is 5.91 Å². The zero-order valence-electron chi connectivity index (χ0n) is 18.1. The van der Waals surface area contributed by atoms with Gasteiger partial charge in [0, 0.05) is 18.1 Å². The average molecular weight is 464 g/mol. The smallest absolute Gasteiger partial charge is 0.253 e. The van der Waals surface area contributed by atoms with Crippen LogP contribution in [0.15, 0.2) is 77.3 Å². The van der Waals surface area contributed by atoms with E-state index in [9.17, 15) is 4.79 Å². The molecule has 0 saturated heterocycles. The first-order valence-corrected chi connectivity index (χ1v) is 10.6. The van der Waals surface area contributed by atoms with Crippen LogP contribution in [0.5, 0.6) is 11.5 Å². The maximum Gasteiger partial charge on any atom is 0.253 e. The van der Waals surface area contributed by atoms with E-state index in [-0.39, 0.29) is 11.8 Å². The van der Waals surface area contributed by atoms with Crippen molar-refractivity contribution in [3.05, 3.63) is 94.8 Å². The van der Waals surface area contributed by atoms with Crippen molar-refractivity contribution in [1.82, 2.24) is 15.5 Å². The van der Waals surface area contributed by atoms with E-state index in [1.54, 1.807) is 56.7 Å². The van der Waals surface area contributed by atoms with Crippen LogP contribution in [-0.2, 0) is 6.42 Å². The van der Waals surface area contributed by atoms with Crippen molar-refractivity contribution in [3.63, 3.8) is 0 Å². The molecule has 0 aliphatic heterocycles. The van der Waals surface area contributed by atoms with Crippen LogP contribution >= 0.6 is 11.6 Å². The van der Waals surface area contributed by atoms with Crippen LogP contribution in [0.25, 0.3) is 11.4 Å². The molecule has 1 amide bonds. The molecule has 3 aromatic carbocycles. The second-order valence-electron chi connectivity index (χ2n) is 7.25. The Balaban J connectivity index is 1.66. The standard InChI is InChI=1S/C25H22ClN3O4/c1-31-18-13-17(14-19(15-18)32-2)23-28-25(33-29-23)22(12-16-8-4-3-5-9-16)27-24(30)20-10-6-7-11-21(20)26/h3-11,13-15,22H,12H2,1-2H3,(H,27,30)/t22-/m1/s1. The molecule has 1 N–H and O–H groups in total. The number of hydrogen-bond acceptors (Lipinski definition) is 6. The summed E-state index contributed by atoms with van der Waals surface area (Å²) in [5, 5.41) is 7.47. The van der Waals surface area contributed by atoms with Gasteiger partial charge in [0.15, 0.2) is 0 Å². The van der Waals surface area contributed by atoms with E-state index in [0.717, 1.165) is 5.56 Å². The van der Waals surface area contributed by atoms with E-state index in [0.29, 0.717) is 39.9 Å². The molecule has 0 unspecified atom stereocenters. The normalized spacial score (nSPS) is 11.6. The van der Waals surface area contributed by atoms with E-state index in [1.165, 1.54) is 0 Å². The summed E-state index contributed by atoms with van der Waals surface area (Å²) in [7, 11) is 3.14. The molecule has 0 spiro atoms. The molecule has 0 bridgehead atoms. The van der Waals surface area contributed by atoms with E-state index < -0.39 is 6.04 Å². The number of carbonyl (C=O) groups excluding carboxylic acids is 1. The molecule has 1 heterocycles. The van der Waals surface area contributed by atoms with Crippen LogP contribution in [0.4, 0.5) is 0 Å². The lowest BCUT2D eigenvalue weighted by molar-refractivity contribution is 0.0928. The fraction of sp³-hybridized carbons (Fsp3) is 0.160. The van der Waals surface area contributed by atoms with E-state index in [1.807, 2.05) is 30.3 Å². The first kappa shape index (κ1) is 22.4. The lowest BCUT2D eigenvalue weighted by Crippen LogP contribution is -2.30. The number of methoxy groups -OCH3 is 2. The molecule has 168 valence electrons. The summed E-state index contributed by atoms with van der Waals surface area (Å²) in [5.74, 6) is 1.50. The maximum absolute atomic E-state index is 13.0. The number of hydrogen-bond donors (Lipinski definition) is 1. The number of aromatic nitrogens is 2. The quantitative estimate of drug-likeness (QED) is 0.390. The molecule has 1 atom stereocenters. The zero-order chi connectivity index (χ0) is 23.2. The monoisotopic (exact) mass is 463 g/mol. The number of rotatable bonds is 8. The largest absolute Gasteiger partial charge is 0.497 e. The minimum atomic E-state index is -0.565. The molecule has 0 radical (unpaired) electrons. The van der Waals surface area contributed by atoms with Crippen molar-refractivity contribution >= 4 is 17.5 Å². The molecule has 0 aliphatic carbocycles. The van der Waals surface area contributed by atoms with Crippen LogP contribution in [-0.4, -0.2) is 30.3 Å². The summed E-state index contributed by atoms with van der Waals surface area (Å²) in [6.07, 6.45) is 0.458. The van der Waals surface area contributed by atoms with Gasteiger partial charge in [-0.15, -0.1) is 0 Å². The summed E-state index contributed by atoms with van der Waals surface area (Å²) in [6, 6.07) is 21.4. The Labute approximate surface area is 196 Å². The lowest BCUT2D eigenvalue weighted by Gasteiger charge is -2.16. The Morgan fingerprint density at radius 3 is 2.33 bits per heavy atom. The van der Waals surface area contributed by atoms with Crippen molar-refractivity contribution in [2.75, 3.05) is 14.2 Å². The third-order valence-electron chi connectivity index (χ3n) is 5.06. The Morgan fingerprint density at radius 2 is 1.67 bits per heavy atom. The van der Waals surface area contributed by atoms with Gasteiger partial charge in [0.1, 0.15) is 17.5 Å². The molecule has 4 aromatic rings. The Kier molecular flexibility index (Phi) is 6.90. The Hall–Kier alpha value is -3.84. The van der Waals surface area contributed by atoms with Crippen LogP contribution in [0.1, 0.15) is 27.9 Å². The number of carbonyl (C=O) groups is 1. The zero-order valence-corrected chi connectivity index (χ0v) is 18.9. The van der Waals surface area contributed by atoms with E-state index in [4.69, 9.17) is 25.6 Å². The van der Waals surface area contributed by atoms with Gasteiger partial charge in [-0.3, -0.25) is 4.79 Å². The average Bonchev–Trinajstić information content (AvgIpc) is 3.34. The summed E-state index contributed by atoms with van der Waals surface area (Å²) in [5.41, 5.74) is 2.04. The highest BCUT2D eigenvalue weighted by Gasteiger charge is 2.24. The molecule has 8 heteroatoms. The van der Waals surface area contributed by atoms with Gasteiger partial charge in [-0.25, -0.2) is 0 Å². The molecular weight excluding hydrogens is 442 g/mol. The predicted molar refractivity (Wildman–Crippen MR) is 125 cm³/mol. The van der Waals surface area contributed by atoms with Crippen LogP contribution in [0, 0.1) is 0 Å². The van der Waals surface area contributed by atoms with Crippen LogP contribution in [0.2, 0.25) is 5.02 Å². The Bertz CT molecular complexity index is 1220. The second kappa shape index (κ2) is 10.2. The summed E-state index contributed by atoms with van der Waals surface area (Å²) in [6.45, 7) is 0. The highest BCUT2D eigenvalue weighted by molar-refractivity contribution is 6.33. The van der Waals surface area contributed by atoms with Gasteiger partial charge in [-0.1, -0.05) is 59.2 Å². The topological polar surface area (TPSA) is 86.5 Å². The highest BCUT2D eigenvalue weighted by atomic mass is 35.5. The fourth-order valence-electron chi connectivity index (χ4n) is 3.36. The highest BCUT2D eigenvalue weighted by Crippen LogP contribution is 2.29. The van der Waals surface area contributed by atoms with E-state index >= 15 is 0 Å². The van der Waals surface area contributed by atoms with Crippen LogP contribution < -0.4 is 14.8 Å². The van der Waals surface area contributed by atoms with Gasteiger partial charge in [0.05, 0.1) is 24.8 Å². The molecule has 4 rings (SSSR count). The molecule has 7 nitrogen and oxygen atoms in total.